The first kappa shape index (κ1) is 15.2. The topological polar surface area (TPSA) is 133 Å². The van der Waals surface area contributed by atoms with Crippen molar-refractivity contribution in [2.75, 3.05) is 13.1 Å². The highest BCUT2D eigenvalue weighted by Gasteiger charge is 2.31. The number of amides is 3. The Kier molecular flexibility index (Phi) is 4.71. The SMILES string of the molecule is CC1(O)CCN(C(=O)N[C@@H](CC(N)=O)C(=O)O)CC1. The molecule has 1 fully saturated rings. The zero-order valence-electron chi connectivity index (χ0n) is 10.8. The second-order valence-corrected chi connectivity index (χ2v) is 4.99. The van der Waals surface area contributed by atoms with Gasteiger partial charge in [0.05, 0.1) is 12.0 Å². The van der Waals surface area contributed by atoms with Crippen molar-refractivity contribution in [2.45, 2.75) is 37.8 Å². The summed E-state index contributed by atoms with van der Waals surface area (Å²) in [4.78, 5) is 34.8. The maximum Gasteiger partial charge on any atom is 0.326 e. The molecule has 1 heterocycles. The third kappa shape index (κ3) is 4.74. The molecular weight excluding hydrogens is 254 g/mol. The number of carboxylic acid groups (broad SMARTS) is 1. The molecule has 1 aliphatic heterocycles. The monoisotopic (exact) mass is 273 g/mol. The lowest BCUT2D eigenvalue weighted by Gasteiger charge is -2.36. The normalized spacial score (nSPS) is 19.6. The number of aliphatic carboxylic acids is 1. The lowest BCUT2D eigenvalue weighted by Crippen LogP contribution is -2.53. The number of hydrogen-bond donors (Lipinski definition) is 4. The maximum absolute atomic E-state index is 11.8. The van der Waals surface area contributed by atoms with Gasteiger partial charge >= 0.3 is 12.0 Å². The number of carboxylic acids is 1. The first-order valence-corrected chi connectivity index (χ1v) is 6.00. The molecule has 0 aliphatic carbocycles. The number of carbonyl (C=O) groups excluding carboxylic acids is 2. The number of primary amides is 1. The number of piperidine rings is 1. The predicted octanol–water partition coefficient (Wildman–Crippen LogP) is -1.13. The molecular formula is C11H19N3O5. The van der Waals surface area contributed by atoms with E-state index in [1.165, 1.54) is 4.90 Å². The summed E-state index contributed by atoms with van der Waals surface area (Å²) >= 11 is 0. The van der Waals surface area contributed by atoms with Gasteiger partial charge in [-0.2, -0.15) is 0 Å². The molecule has 0 spiro atoms. The Morgan fingerprint density at radius 3 is 2.32 bits per heavy atom. The average Bonchev–Trinajstić information content (AvgIpc) is 2.27. The lowest BCUT2D eigenvalue weighted by atomic mass is 9.94. The molecule has 1 aliphatic rings. The summed E-state index contributed by atoms with van der Waals surface area (Å²) in [6, 6.07) is -1.89. The van der Waals surface area contributed by atoms with Crippen molar-refractivity contribution in [2.24, 2.45) is 5.73 Å². The van der Waals surface area contributed by atoms with E-state index in [-0.39, 0.29) is 0 Å². The summed E-state index contributed by atoms with van der Waals surface area (Å²) in [5, 5.41) is 20.9. The Hall–Kier alpha value is -1.83. The number of aliphatic hydroxyl groups is 1. The molecule has 1 atom stereocenters. The van der Waals surface area contributed by atoms with Crippen molar-refractivity contribution in [1.29, 1.82) is 0 Å². The van der Waals surface area contributed by atoms with Gasteiger partial charge in [-0.1, -0.05) is 0 Å². The predicted molar refractivity (Wildman–Crippen MR) is 65.2 cm³/mol. The summed E-state index contributed by atoms with van der Waals surface area (Å²) in [5.41, 5.74) is 4.13. The standard InChI is InChI=1S/C11H19N3O5/c1-11(19)2-4-14(5-3-11)10(18)13-7(9(16)17)6-8(12)15/h7,19H,2-6H2,1H3,(H2,12,15)(H,13,18)(H,16,17)/t7-/m0/s1. The van der Waals surface area contributed by atoms with Crippen LogP contribution in [-0.2, 0) is 9.59 Å². The van der Waals surface area contributed by atoms with Crippen LogP contribution >= 0.6 is 0 Å². The fourth-order valence-electron chi connectivity index (χ4n) is 1.83. The number of urea groups is 1. The number of carbonyl (C=O) groups is 3. The van der Waals surface area contributed by atoms with Gasteiger partial charge in [-0.3, -0.25) is 4.79 Å². The van der Waals surface area contributed by atoms with E-state index in [4.69, 9.17) is 10.8 Å². The Labute approximate surface area is 110 Å². The van der Waals surface area contributed by atoms with Crippen molar-refractivity contribution in [1.82, 2.24) is 10.2 Å². The Balaban J connectivity index is 2.53. The maximum atomic E-state index is 11.8. The molecule has 8 nitrogen and oxygen atoms in total. The van der Waals surface area contributed by atoms with E-state index in [9.17, 15) is 19.5 Å². The fraction of sp³-hybridized carbons (Fsp3) is 0.727. The van der Waals surface area contributed by atoms with Crippen molar-refractivity contribution in [3.63, 3.8) is 0 Å². The molecule has 0 radical (unpaired) electrons. The van der Waals surface area contributed by atoms with E-state index >= 15 is 0 Å². The zero-order valence-corrected chi connectivity index (χ0v) is 10.8. The molecule has 108 valence electrons. The second kappa shape index (κ2) is 5.87. The molecule has 0 aromatic heterocycles. The van der Waals surface area contributed by atoms with Gasteiger partial charge in [0, 0.05) is 13.1 Å². The third-order valence-corrected chi connectivity index (χ3v) is 3.13. The van der Waals surface area contributed by atoms with Crippen LogP contribution in [0.3, 0.4) is 0 Å². The number of rotatable bonds is 4. The van der Waals surface area contributed by atoms with Crippen LogP contribution in [0, 0.1) is 0 Å². The van der Waals surface area contributed by atoms with E-state index in [0.717, 1.165) is 0 Å². The van der Waals surface area contributed by atoms with Gasteiger partial charge in [-0.25, -0.2) is 9.59 Å². The summed E-state index contributed by atoms with van der Waals surface area (Å²) in [6.45, 7) is 2.36. The van der Waals surface area contributed by atoms with Crippen LogP contribution in [0.4, 0.5) is 4.79 Å². The molecule has 0 unspecified atom stereocenters. The Bertz CT molecular complexity index is 373. The van der Waals surface area contributed by atoms with Gasteiger partial charge in [0.25, 0.3) is 0 Å². The van der Waals surface area contributed by atoms with E-state index in [1.54, 1.807) is 6.92 Å². The molecule has 1 saturated heterocycles. The first-order chi connectivity index (χ1) is 8.71. The largest absolute Gasteiger partial charge is 0.480 e. The smallest absolute Gasteiger partial charge is 0.326 e. The first-order valence-electron chi connectivity index (χ1n) is 6.00. The van der Waals surface area contributed by atoms with E-state index in [1.807, 2.05) is 0 Å². The van der Waals surface area contributed by atoms with Crippen LogP contribution in [-0.4, -0.2) is 57.8 Å². The summed E-state index contributed by atoms with van der Waals surface area (Å²) in [7, 11) is 0. The molecule has 0 saturated carbocycles. The van der Waals surface area contributed by atoms with Crippen LogP contribution < -0.4 is 11.1 Å². The molecule has 19 heavy (non-hydrogen) atoms. The van der Waals surface area contributed by atoms with E-state index < -0.39 is 36.0 Å². The number of nitrogens with zero attached hydrogens (tertiary/aromatic N) is 1. The summed E-state index contributed by atoms with van der Waals surface area (Å²) in [5.74, 6) is -2.11. The van der Waals surface area contributed by atoms with Crippen LogP contribution in [0.15, 0.2) is 0 Å². The molecule has 0 aromatic carbocycles. The molecule has 0 aromatic rings. The van der Waals surface area contributed by atoms with Gasteiger partial charge in [0.15, 0.2) is 0 Å². The molecule has 1 rings (SSSR count). The number of hydrogen-bond acceptors (Lipinski definition) is 4. The molecule has 0 bridgehead atoms. The van der Waals surface area contributed by atoms with Gasteiger partial charge in [-0.05, 0) is 19.8 Å². The molecule has 3 amide bonds. The van der Waals surface area contributed by atoms with Crippen molar-refractivity contribution < 1.29 is 24.6 Å². The van der Waals surface area contributed by atoms with E-state index in [0.29, 0.717) is 25.9 Å². The quantitative estimate of drug-likeness (QED) is 0.514. The lowest BCUT2D eigenvalue weighted by molar-refractivity contribution is -0.141. The third-order valence-electron chi connectivity index (χ3n) is 3.13. The van der Waals surface area contributed by atoms with Crippen LogP contribution in [0.25, 0.3) is 0 Å². The summed E-state index contributed by atoms with van der Waals surface area (Å²) < 4.78 is 0. The van der Waals surface area contributed by atoms with Gasteiger partial charge in [0.2, 0.25) is 5.91 Å². The summed E-state index contributed by atoms with van der Waals surface area (Å²) in [6.07, 6.45) is 0.397. The van der Waals surface area contributed by atoms with Crippen molar-refractivity contribution >= 4 is 17.9 Å². The van der Waals surface area contributed by atoms with Crippen molar-refractivity contribution in [3.05, 3.63) is 0 Å². The highest BCUT2D eigenvalue weighted by Crippen LogP contribution is 2.20. The highest BCUT2D eigenvalue weighted by atomic mass is 16.4. The van der Waals surface area contributed by atoms with Gasteiger partial charge < -0.3 is 26.2 Å². The minimum atomic E-state index is -1.33. The second-order valence-electron chi connectivity index (χ2n) is 4.99. The minimum Gasteiger partial charge on any atom is -0.480 e. The zero-order chi connectivity index (χ0) is 14.6. The van der Waals surface area contributed by atoms with Gasteiger partial charge in [0.1, 0.15) is 6.04 Å². The molecule has 5 N–H and O–H groups in total. The highest BCUT2D eigenvalue weighted by molar-refractivity contribution is 5.87. The Morgan fingerprint density at radius 2 is 1.89 bits per heavy atom. The van der Waals surface area contributed by atoms with Crippen LogP contribution in [0.5, 0.6) is 0 Å². The minimum absolute atomic E-state index is 0.335. The fourth-order valence-corrected chi connectivity index (χ4v) is 1.83. The van der Waals surface area contributed by atoms with Crippen molar-refractivity contribution in [3.8, 4) is 0 Å². The Morgan fingerprint density at radius 1 is 1.37 bits per heavy atom. The number of nitrogens with one attached hydrogen (secondary N) is 1. The molecule has 8 heteroatoms. The average molecular weight is 273 g/mol. The van der Waals surface area contributed by atoms with Crippen LogP contribution in [0.2, 0.25) is 0 Å². The van der Waals surface area contributed by atoms with Crippen LogP contribution in [0.1, 0.15) is 26.2 Å². The number of likely N-dealkylation sites (tertiary alicyclic amines) is 1. The van der Waals surface area contributed by atoms with E-state index in [2.05, 4.69) is 5.32 Å². The van der Waals surface area contributed by atoms with Gasteiger partial charge in [-0.15, -0.1) is 0 Å². The number of nitrogens with two attached hydrogens (primary N) is 1.